The summed E-state index contributed by atoms with van der Waals surface area (Å²) in [6.07, 6.45) is 4.07. The molecule has 0 saturated heterocycles. The highest BCUT2D eigenvalue weighted by Crippen LogP contribution is 2.24. The maximum Gasteiger partial charge on any atom is 0.336 e. The molecule has 0 spiro atoms. The summed E-state index contributed by atoms with van der Waals surface area (Å²) in [5.41, 5.74) is 1.76. The molecule has 98 valence electrons. The van der Waals surface area contributed by atoms with Crippen LogP contribution in [0.4, 0.5) is 0 Å². The van der Waals surface area contributed by atoms with Crippen molar-refractivity contribution in [3.05, 3.63) is 35.4 Å². The number of allylic oxidation sites excluding steroid dienone is 2. The smallest absolute Gasteiger partial charge is 0.336 e. The molecule has 3 heteroatoms. The van der Waals surface area contributed by atoms with E-state index in [1.165, 1.54) is 12.1 Å². The van der Waals surface area contributed by atoms with E-state index in [9.17, 15) is 9.90 Å². The van der Waals surface area contributed by atoms with Gasteiger partial charge in [-0.05, 0) is 49.0 Å². The van der Waals surface area contributed by atoms with Crippen LogP contribution in [0, 0.1) is 5.92 Å². The van der Waals surface area contributed by atoms with Crippen LogP contribution in [0.5, 0.6) is 5.75 Å². The van der Waals surface area contributed by atoms with Gasteiger partial charge in [0.1, 0.15) is 5.75 Å². The van der Waals surface area contributed by atoms with Crippen molar-refractivity contribution in [2.75, 3.05) is 0 Å². The van der Waals surface area contributed by atoms with E-state index in [4.69, 9.17) is 5.11 Å². The van der Waals surface area contributed by atoms with Crippen LogP contribution in [0.25, 0.3) is 5.57 Å². The van der Waals surface area contributed by atoms with E-state index in [1.54, 1.807) is 6.07 Å². The number of carbonyl (C=O) groups is 1. The van der Waals surface area contributed by atoms with Gasteiger partial charge in [0.25, 0.3) is 0 Å². The third-order valence-electron chi connectivity index (χ3n) is 2.85. The Kier molecular flexibility index (Phi) is 4.95. The molecular weight excluding hydrogens is 228 g/mol. The second kappa shape index (κ2) is 6.24. The molecule has 0 aliphatic rings. The normalized spacial score (nSPS) is 11.9. The van der Waals surface area contributed by atoms with E-state index < -0.39 is 5.97 Å². The van der Waals surface area contributed by atoms with Gasteiger partial charge in [-0.15, -0.1) is 0 Å². The Morgan fingerprint density at radius 1 is 1.33 bits per heavy atom. The molecule has 0 amide bonds. The van der Waals surface area contributed by atoms with Crippen molar-refractivity contribution in [2.45, 2.75) is 33.6 Å². The molecule has 0 aliphatic carbocycles. The molecule has 1 aromatic rings. The van der Waals surface area contributed by atoms with Gasteiger partial charge in [0.05, 0.1) is 5.56 Å². The lowest BCUT2D eigenvalue weighted by Crippen LogP contribution is -2.01. The summed E-state index contributed by atoms with van der Waals surface area (Å²) < 4.78 is 0. The number of phenolic OH excluding ortho intramolecular Hbond substituents is 1. The number of phenols is 1. The minimum atomic E-state index is -1.02. The molecule has 0 radical (unpaired) electrons. The van der Waals surface area contributed by atoms with Crippen LogP contribution < -0.4 is 0 Å². The highest BCUT2D eigenvalue weighted by atomic mass is 16.4. The van der Waals surface area contributed by atoms with E-state index in [0.717, 1.165) is 18.4 Å². The van der Waals surface area contributed by atoms with Gasteiger partial charge >= 0.3 is 5.97 Å². The molecule has 0 fully saturated rings. The maximum absolute atomic E-state index is 11.1. The van der Waals surface area contributed by atoms with Gasteiger partial charge in [0, 0.05) is 0 Å². The Bertz CT molecular complexity index is 459. The first-order chi connectivity index (χ1) is 8.41. The number of aromatic hydroxyl groups is 1. The Labute approximate surface area is 108 Å². The van der Waals surface area contributed by atoms with Crippen molar-refractivity contribution in [3.63, 3.8) is 0 Å². The molecule has 18 heavy (non-hydrogen) atoms. The molecule has 0 heterocycles. The first-order valence-electron chi connectivity index (χ1n) is 6.15. The van der Waals surface area contributed by atoms with Crippen LogP contribution >= 0.6 is 0 Å². The molecule has 0 aromatic heterocycles. The van der Waals surface area contributed by atoms with E-state index in [-0.39, 0.29) is 11.3 Å². The lowest BCUT2D eigenvalue weighted by Gasteiger charge is -2.08. The van der Waals surface area contributed by atoms with E-state index in [1.807, 2.05) is 6.92 Å². The molecule has 0 saturated carbocycles. The zero-order valence-electron chi connectivity index (χ0n) is 11.1. The van der Waals surface area contributed by atoms with Crippen molar-refractivity contribution >= 4 is 11.5 Å². The van der Waals surface area contributed by atoms with Crippen molar-refractivity contribution in [1.29, 1.82) is 0 Å². The second-order valence-electron chi connectivity index (χ2n) is 4.89. The highest BCUT2D eigenvalue weighted by molar-refractivity contribution is 5.94. The van der Waals surface area contributed by atoms with Crippen molar-refractivity contribution in [1.82, 2.24) is 0 Å². The fourth-order valence-electron chi connectivity index (χ4n) is 1.80. The second-order valence-corrected chi connectivity index (χ2v) is 4.89. The van der Waals surface area contributed by atoms with Crippen LogP contribution in [-0.4, -0.2) is 16.2 Å². The number of carboxylic acids is 1. The molecular formula is C15H20O3. The molecule has 1 aromatic carbocycles. The minimum Gasteiger partial charge on any atom is -0.508 e. The van der Waals surface area contributed by atoms with Gasteiger partial charge in [-0.1, -0.05) is 26.0 Å². The lowest BCUT2D eigenvalue weighted by molar-refractivity contribution is 0.0696. The third-order valence-corrected chi connectivity index (χ3v) is 2.85. The first kappa shape index (κ1) is 14.3. The molecule has 0 bridgehead atoms. The number of carboxylic acid groups (broad SMARTS) is 1. The molecule has 0 atom stereocenters. The average molecular weight is 248 g/mol. The summed E-state index contributed by atoms with van der Waals surface area (Å²) in [4.78, 5) is 11.1. The predicted molar refractivity (Wildman–Crippen MR) is 72.8 cm³/mol. The van der Waals surface area contributed by atoms with Crippen molar-refractivity contribution < 1.29 is 15.0 Å². The van der Waals surface area contributed by atoms with Crippen LogP contribution in [0.2, 0.25) is 0 Å². The Hall–Kier alpha value is -1.77. The van der Waals surface area contributed by atoms with Crippen molar-refractivity contribution in [3.8, 4) is 5.75 Å². The lowest BCUT2D eigenvalue weighted by atomic mass is 9.98. The quantitative estimate of drug-likeness (QED) is 0.830. The third kappa shape index (κ3) is 3.91. The highest BCUT2D eigenvalue weighted by Gasteiger charge is 2.11. The monoisotopic (exact) mass is 248 g/mol. The van der Waals surface area contributed by atoms with Gasteiger partial charge < -0.3 is 10.2 Å². The summed E-state index contributed by atoms with van der Waals surface area (Å²) in [6.45, 7) is 6.22. The number of benzene rings is 1. The largest absolute Gasteiger partial charge is 0.508 e. The van der Waals surface area contributed by atoms with Crippen LogP contribution in [0.15, 0.2) is 24.3 Å². The molecule has 3 nitrogen and oxygen atoms in total. The molecule has 0 unspecified atom stereocenters. The summed E-state index contributed by atoms with van der Waals surface area (Å²) in [6, 6.07) is 4.46. The van der Waals surface area contributed by atoms with Gasteiger partial charge in [-0.2, -0.15) is 0 Å². The Morgan fingerprint density at radius 2 is 2.00 bits per heavy atom. The van der Waals surface area contributed by atoms with Gasteiger partial charge in [-0.25, -0.2) is 4.79 Å². The maximum atomic E-state index is 11.1. The SMILES string of the molecule is C/C(=C/CCC(C)C)c1ccc(O)cc1C(=O)O. The molecule has 1 rings (SSSR count). The molecule has 2 N–H and O–H groups in total. The molecule has 0 aliphatic heterocycles. The van der Waals surface area contributed by atoms with Gasteiger partial charge in [0.2, 0.25) is 0 Å². The van der Waals surface area contributed by atoms with Crippen LogP contribution in [-0.2, 0) is 0 Å². The minimum absolute atomic E-state index is 0.0221. The first-order valence-corrected chi connectivity index (χ1v) is 6.15. The summed E-state index contributed by atoms with van der Waals surface area (Å²) in [5, 5.41) is 18.4. The zero-order valence-corrected chi connectivity index (χ0v) is 11.1. The Morgan fingerprint density at radius 3 is 2.56 bits per heavy atom. The number of hydrogen-bond acceptors (Lipinski definition) is 2. The topological polar surface area (TPSA) is 57.5 Å². The fourth-order valence-corrected chi connectivity index (χ4v) is 1.80. The standard InChI is InChI=1S/C15H20O3/c1-10(2)5-4-6-11(3)13-8-7-12(16)9-14(13)15(17)18/h6-10,16H,4-5H2,1-3H3,(H,17,18)/b11-6-. The summed E-state index contributed by atoms with van der Waals surface area (Å²) >= 11 is 0. The van der Waals surface area contributed by atoms with E-state index >= 15 is 0 Å². The van der Waals surface area contributed by atoms with Crippen LogP contribution in [0.3, 0.4) is 0 Å². The fraction of sp³-hybridized carbons (Fsp3) is 0.400. The zero-order chi connectivity index (χ0) is 13.7. The number of aromatic carboxylic acids is 1. The summed E-state index contributed by atoms with van der Waals surface area (Å²) in [7, 11) is 0. The number of hydrogen-bond donors (Lipinski definition) is 2. The van der Waals surface area contributed by atoms with Crippen molar-refractivity contribution in [2.24, 2.45) is 5.92 Å². The van der Waals surface area contributed by atoms with Gasteiger partial charge in [-0.3, -0.25) is 0 Å². The average Bonchev–Trinajstić information content (AvgIpc) is 2.28. The van der Waals surface area contributed by atoms with E-state index in [0.29, 0.717) is 11.5 Å². The Balaban J connectivity index is 2.98. The van der Waals surface area contributed by atoms with Gasteiger partial charge in [0.15, 0.2) is 0 Å². The predicted octanol–water partition coefficient (Wildman–Crippen LogP) is 3.93. The number of rotatable bonds is 5. The van der Waals surface area contributed by atoms with Crippen LogP contribution in [0.1, 0.15) is 49.5 Å². The summed E-state index contributed by atoms with van der Waals surface area (Å²) in [5.74, 6) is -0.406. The van der Waals surface area contributed by atoms with E-state index in [2.05, 4.69) is 19.9 Å².